The van der Waals surface area contributed by atoms with Crippen LogP contribution in [0.2, 0.25) is 0 Å². The Hall–Kier alpha value is -1.13. The van der Waals surface area contributed by atoms with Crippen molar-refractivity contribution < 1.29 is 19.4 Å². The SMILES string of the molecule is CCCC/C=C\C/C=C\CCCCCCCCOCC(CO)OC(=O)CCCCCCCCCCCCCCCC. The van der Waals surface area contributed by atoms with Gasteiger partial charge in [-0.1, -0.05) is 160 Å². The van der Waals surface area contributed by atoms with Crippen LogP contribution in [0.15, 0.2) is 24.3 Å². The Morgan fingerprint density at radius 1 is 0.585 bits per heavy atom. The van der Waals surface area contributed by atoms with Crippen molar-refractivity contribution in [2.45, 2.75) is 187 Å². The van der Waals surface area contributed by atoms with Crippen LogP contribution in [0.25, 0.3) is 0 Å². The van der Waals surface area contributed by atoms with Crippen molar-refractivity contribution in [3.63, 3.8) is 0 Å². The fourth-order valence-corrected chi connectivity index (χ4v) is 5.05. The van der Waals surface area contributed by atoms with E-state index in [9.17, 15) is 9.90 Å². The van der Waals surface area contributed by atoms with E-state index in [1.54, 1.807) is 0 Å². The van der Waals surface area contributed by atoms with Gasteiger partial charge in [-0.15, -0.1) is 0 Å². The smallest absolute Gasteiger partial charge is 0.306 e. The number of rotatable bonds is 33. The van der Waals surface area contributed by atoms with Gasteiger partial charge in [0.1, 0.15) is 6.10 Å². The van der Waals surface area contributed by atoms with Gasteiger partial charge in [0.05, 0.1) is 13.2 Å². The molecule has 4 nitrogen and oxygen atoms in total. The Labute approximate surface area is 256 Å². The van der Waals surface area contributed by atoms with Crippen LogP contribution in [-0.2, 0) is 14.3 Å². The van der Waals surface area contributed by atoms with Crippen LogP contribution in [0.5, 0.6) is 0 Å². The number of ether oxygens (including phenoxy) is 2. The quantitative estimate of drug-likeness (QED) is 0.0478. The number of allylic oxidation sites excluding steroid dienone is 4. The molecule has 0 rings (SSSR count). The minimum absolute atomic E-state index is 0.173. The van der Waals surface area contributed by atoms with Crippen LogP contribution in [0.4, 0.5) is 0 Å². The van der Waals surface area contributed by atoms with Crippen molar-refractivity contribution in [2.75, 3.05) is 19.8 Å². The molecule has 0 saturated heterocycles. The minimum Gasteiger partial charge on any atom is -0.457 e. The fraction of sp³-hybridized carbons (Fsp3) is 0.865. The van der Waals surface area contributed by atoms with Crippen LogP contribution in [0, 0.1) is 0 Å². The zero-order valence-corrected chi connectivity index (χ0v) is 27.6. The molecule has 0 aliphatic carbocycles. The van der Waals surface area contributed by atoms with Gasteiger partial charge < -0.3 is 14.6 Å². The first-order valence-electron chi connectivity index (χ1n) is 17.9. The molecule has 0 aromatic carbocycles. The Balaban J connectivity index is 3.44. The molecule has 0 spiro atoms. The number of carbonyl (C=O) groups is 1. The summed E-state index contributed by atoms with van der Waals surface area (Å²) in [7, 11) is 0. The van der Waals surface area contributed by atoms with Crippen LogP contribution in [-0.4, -0.2) is 37.0 Å². The number of hydrogen-bond acceptors (Lipinski definition) is 4. The topological polar surface area (TPSA) is 55.8 Å². The third-order valence-electron chi connectivity index (χ3n) is 7.78. The highest BCUT2D eigenvalue weighted by molar-refractivity contribution is 5.69. The molecule has 0 aliphatic heterocycles. The molecule has 0 amide bonds. The Morgan fingerprint density at radius 3 is 1.59 bits per heavy atom. The first-order valence-corrected chi connectivity index (χ1v) is 17.9. The van der Waals surface area contributed by atoms with Gasteiger partial charge in [-0.05, 0) is 38.5 Å². The largest absolute Gasteiger partial charge is 0.457 e. The highest BCUT2D eigenvalue weighted by Gasteiger charge is 2.13. The monoisotopic (exact) mass is 579 g/mol. The maximum absolute atomic E-state index is 12.1. The molecule has 1 unspecified atom stereocenters. The molecule has 4 heteroatoms. The minimum atomic E-state index is -0.533. The number of hydrogen-bond donors (Lipinski definition) is 1. The average molecular weight is 579 g/mol. The summed E-state index contributed by atoms with van der Waals surface area (Å²) in [6.07, 6.45) is 40.7. The number of carbonyl (C=O) groups excluding carboxylic acids is 1. The highest BCUT2D eigenvalue weighted by Crippen LogP contribution is 2.14. The van der Waals surface area contributed by atoms with E-state index >= 15 is 0 Å². The van der Waals surface area contributed by atoms with Crippen molar-refractivity contribution >= 4 is 5.97 Å². The molecular formula is C37H70O4. The lowest BCUT2D eigenvalue weighted by atomic mass is 10.0. The normalized spacial score (nSPS) is 12.6. The lowest BCUT2D eigenvalue weighted by Crippen LogP contribution is -2.27. The second-order valence-electron chi connectivity index (χ2n) is 11.9. The van der Waals surface area contributed by atoms with E-state index in [0.717, 1.165) is 25.7 Å². The number of aliphatic hydroxyl groups excluding tert-OH is 1. The molecule has 0 heterocycles. The predicted octanol–water partition coefficient (Wildman–Crippen LogP) is 11.2. The number of unbranched alkanes of at least 4 members (excludes halogenated alkanes) is 21. The van der Waals surface area contributed by atoms with Gasteiger partial charge in [-0.3, -0.25) is 4.79 Å². The van der Waals surface area contributed by atoms with Gasteiger partial charge >= 0.3 is 5.97 Å². The molecule has 0 saturated carbocycles. The average Bonchev–Trinajstić information content (AvgIpc) is 2.98. The third-order valence-corrected chi connectivity index (χ3v) is 7.78. The lowest BCUT2D eigenvalue weighted by Gasteiger charge is -2.15. The van der Waals surface area contributed by atoms with E-state index in [1.165, 1.54) is 135 Å². The van der Waals surface area contributed by atoms with Crippen molar-refractivity contribution in [1.82, 2.24) is 0 Å². The van der Waals surface area contributed by atoms with Crippen LogP contribution >= 0.6 is 0 Å². The third kappa shape index (κ3) is 33.2. The Morgan fingerprint density at radius 2 is 1.05 bits per heavy atom. The van der Waals surface area contributed by atoms with Crippen LogP contribution in [0.3, 0.4) is 0 Å². The second-order valence-corrected chi connectivity index (χ2v) is 11.9. The summed E-state index contributed by atoms with van der Waals surface area (Å²) in [5.74, 6) is -0.204. The van der Waals surface area contributed by atoms with Gasteiger partial charge in [0.15, 0.2) is 0 Å². The molecule has 0 aromatic heterocycles. The second kappa shape index (κ2) is 35.1. The summed E-state index contributed by atoms with van der Waals surface area (Å²) < 4.78 is 11.1. The van der Waals surface area contributed by atoms with E-state index in [2.05, 4.69) is 38.2 Å². The van der Waals surface area contributed by atoms with Crippen LogP contribution in [0.1, 0.15) is 181 Å². The van der Waals surface area contributed by atoms with E-state index in [1.807, 2.05) is 0 Å². The van der Waals surface area contributed by atoms with E-state index in [-0.39, 0.29) is 12.6 Å². The number of esters is 1. The zero-order valence-electron chi connectivity index (χ0n) is 27.6. The molecule has 0 radical (unpaired) electrons. The first kappa shape index (κ1) is 39.9. The first-order chi connectivity index (χ1) is 20.2. The van der Waals surface area contributed by atoms with Crippen molar-refractivity contribution in [2.24, 2.45) is 0 Å². The summed E-state index contributed by atoms with van der Waals surface area (Å²) in [5, 5.41) is 9.54. The van der Waals surface area contributed by atoms with Crippen molar-refractivity contribution in [3.8, 4) is 0 Å². The summed E-state index contributed by atoms with van der Waals surface area (Å²) in [4.78, 5) is 12.1. The summed E-state index contributed by atoms with van der Waals surface area (Å²) in [6.45, 7) is 5.30. The van der Waals surface area contributed by atoms with Gasteiger partial charge in [0.2, 0.25) is 0 Å². The molecule has 1 N–H and O–H groups in total. The van der Waals surface area contributed by atoms with Crippen molar-refractivity contribution in [1.29, 1.82) is 0 Å². The molecule has 0 aromatic rings. The fourth-order valence-electron chi connectivity index (χ4n) is 5.05. The van der Waals surface area contributed by atoms with Gasteiger partial charge in [-0.2, -0.15) is 0 Å². The Kier molecular flexibility index (Phi) is 34.1. The number of aliphatic hydroxyl groups is 1. The van der Waals surface area contributed by atoms with Gasteiger partial charge in [0, 0.05) is 13.0 Å². The highest BCUT2D eigenvalue weighted by atomic mass is 16.6. The van der Waals surface area contributed by atoms with Crippen LogP contribution < -0.4 is 0 Å². The van der Waals surface area contributed by atoms with E-state index in [0.29, 0.717) is 19.6 Å². The van der Waals surface area contributed by atoms with Crippen molar-refractivity contribution in [3.05, 3.63) is 24.3 Å². The summed E-state index contributed by atoms with van der Waals surface area (Å²) in [5.41, 5.74) is 0. The van der Waals surface area contributed by atoms with Gasteiger partial charge in [-0.25, -0.2) is 0 Å². The van der Waals surface area contributed by atoms with E-state index < -0.39 is 6.10 Å². The zero-order chi connectivity index (χ0) is 29.9. The van der Waals surface area contributed by atoms with Gasteiger partial charge in [0.25, 0.3) is 0 Å². The lowest BCUT2D eigenvalue weighted by molar-refractivity contribution is -0.154. The molecular weight excluding hydrogens is 508 g/mol. The molecule has 0 fully saturated rings. The molecule has 0 bridgehead atoms. The molecule has 0 aliphatic rings. The molecule has 242 valence electrons. The summed E-state index contributed by atoms with van der Waals surface area (Å²) in [6, 6.07) is 0. The van der Waals surface area contributed by atoms with E-state index in [4.69, 9.17) is 9.47 Å². The molecule has 1 atom stereocenters. The summed E-state index contributed by atoms with van der Waals surface area (Å²) >= 11 is 0. The standard InChI is InChI=1S/C37H70O4/c1-3-5-7-9-11-13-15-17-19-21-23-25-27-29-31-33-40-35-36(34-38)41-37(39)32-30-28-26-24-22-20-18-16-14-12-10-8-6-4-2/h9,11,15,17,36,38H,3-8,10,12-14,16,18-35H2,1-2H3/b11-9-,17-15-. The predicted molar refractivity (Wildman–Crippen MR) is 177 cm³/mol. The maximum atomic E-state index is 12.1. The maximum Gasteiger partial charge on any atom is 0.306 e. The Bertz CT molecular complexity index is 571. The molecule has 41 heavy (non-hydrogen) atoms.